The molecule has 11 aromatic carbocycles. The number of benzene rings is 11. The highest BCUT2D eigenvalue weighted by Crippen LogP contribution is 2.61. The van der Waals surface area contributed by atoms with E-state index in [1.54, 1.807) is 0 Å². The van der Waals surface area contributed by atoms with E-state index < -0.39 is 5.41 Å². The maximum absolute atomic E-state index is 2.53. The third-order valence-corrected chi connectivity index (χ3v) is 12.4. The Hall–Kier alpha value is -7.02. The highest BCUT2D eigenvalue weighted by molar-refractivity contribution is 6.24. The molecule has 0 bridgehead atoms. The molecule has 0 radical (unpaired) electrons. The van der Waals surface area contributed by atoms with Gasteiger partial charge in [-0.2, -0.15) is 0 Å². The van der Waals surface area contributed by atoms with Gasteiger partial charge in [0.1, 0.15) is 0 Å². The topological polar surface area (TPSA) is 0 Å². The molecule has 0 heteroatoms. The zero-order chi connectivity index (χ0) is 36.1. The van der Waals surface area contributed by atoms with Crippen molar-refractivity contribution in [2.75, 3.05) is 0 Å². The summed E-state index contributed by atoms with van der Waals surface area (Å²) in [5.41, 5.74) is 12.2. The number of hydrogen-bond acceptors (Lipinski definition) is 0. The first-order chi connectivity index (χ1) is 27.3. The minimum absolute atomic E-state index is 0.570. The van der Waals surface area contributed by atoms with Crippen LogP contribution in [0.5, 0.6) is 0 Å². The molecule has 1 aliphatic rings. The van der Waals surface area contributed by atoms with Crippen molar-refractivity contribution in [1.29, 1.82) is 0 Å². The molecular weight excluding hydrogens is 661 g/mol. The summed E-state index contributed by atoms with van der Waals surface area (Å²) in [6, 6.07) is 77.5. The summed E-state index contributed by atoms with van der Waals surface area (Å²) in [6.07, 6.45) is 0. The fraction of sp³-hybridized carbons (Fsp3) is 0.0182. The molecule has 0 atom stereocenters. The Bertz CT molecular complexity index is 3190. The van der Waals surface area contributed by atoms with Gasteiger partial charge in [-0.25, -0.2) is 0 Å². The lowest BCUT2D eigenvalue weighted by atomic mass is 9.66. The summed E-state index contributed by atoms with van der Waals surface area (Å²) in [6.45, 7) is 0. The molecule has 0 nitrogen and oxygen atoms in total. The average Bonchev–Trinajstić information content (AvgIpc) is 3.57. The molecule has 1 aliphatic carbocycles. The molecular formula is C55H34. The summed E-state index contributed by atoms with van der Waals surface area (Å²) in [5.74, 6) is 0. The molecule has 0 spiro atoms. The third kappa shape index (κ3) is 4.23. The molecule has 0 saturated heterocycles. The van der Waals surface area contributed by atoms with Gasteiger partial charge in [0.25, 0.3) is 0 Å². The van der Waals surface area contributed by atoms with Crippen molar-refractivity contribution in [1.82, 2.24) is 0 Å². The van der Waals surface area contributed by atoms with Crippen LogP contribution in [0.1, 0.15) is 22.3 Å². The van der Waals surface area contributed by atoms with Crippen LogP contribution >= 0.6 is 0 Å². The van der Waals surface area contributed by atoms with Crippen LogP contribution in [0.25, 0.3) is 87.2 Å². The van der Waals surface area contributed by atoms with Crippen molar-refractivity contribution >= 4 is 53.9 Å². The fourth-order valence-corrected chi connectivity index (χ4v) is 10.1. The number of rotatable bonds is 4. The van der Waals surface area contributed by atoms with Crippen LogP contribution in [0.3, 0.4) is 0 Å². The molecule has 0 aliphatic heterocycles. The Kier molecular flexibility index (Phi) is 6.36. The highest BCUT2D eigenvalue weighted by Gasteiger charge is 2.48. The van der Waals surface area contributed by atoms with Gasteiger partial charge in [0.05, 0.1) is 5.41 Å². The van der Waals surface area contributed by atoms with Gasteiger partial charge in [-0.05, 0) is 134 Å². The minimum Gasteiger partial charge on any atom is -0.0622 e. The Morgan fingerprint density at radius 3 is 1.47 bits per heavy atom. The largest absolute Gasteiger partial charge is 0.0720 e. The molecule has 0 amide bonds. The summed E-state index contributed by atoms with van der Waals surface area (Å²) in [4.78, 5) is 0. The van der Waals surface area contributed by atoms with Crippen LogP contribution in [0, 0.1) is 0 Å². The molecule has 0 heterocycles. The fourth-order valence-electron chi connectivity index (χ4n) is 10.1. The van der Waals surface area contributed by atoms with Gasteiger partial charge in [-0.3, -0.25) is 0 Å². The lowest BCUT2D eigenvalue weighted by molar-refractivity contribution is 0.776. The third-order valence-electron chi connectivity index (χ3n) is 12.4. The quantitative estimate of drug-likeness (QED) is 0.161. The van der Waals surface area contributed by atoms with Crippen molar-refractivity contribution in [2.45, 2.75) is 5.41 Å². The Balaban J connectivity index is 1.27. The van der Waals surface area contributed by atoms with E-state index in [0.717, 1.165) is 0 Å². The Labute approximate surface area is 319 Å². The lowest BCUT2D eigenvalue weighted by Crippen LogP contribution is -2.29. The van der Waals surface area contributed by atoms with Crippen molar-refractivity contribution in [3.05, 3.63) is 229 Å². The van der Waals surface area contributed by atoms with E-state index in [2.05, 4.69) is 206 Å². The monoisotopic (exact) mass is 694 g/mol. The Morgan fingerprint density at radius 2 is 0.782 bits per heavy atom. The lowest BCUT2D eigenvalue weighted by Gasteiger charge is -2.35. The first-order valence-electron chi connectivity index (χ1n) is 19.3. The average molecular weight is 695 g/mol. The van der Waals surface area contributed by atoms with E-state index in [0.29, 0.717) is 0 Å². The number of hydrogen-bond donors (Lipinski definition) is 0. The highest BCUT2D eigenvalue weighted by atomic mass is 14.5. The molecule has 0 fully saturated rings. The van der Waals surface area contributed by atoms with Crippen LogP contribution in [-0.4, -0.2) is 0 Å². The molecule has 0 aromatic heterocycles. The minimum atomic E-state index is -0.570. The van der Waals surface area contributed by atoms with E-state index >= 15 is 0 Å². The molecule has 11 aromatic rings. The molecule has 254 valence electrons. The van der Waals surface area contributed by atoms with Gasteiger partial charge in [0, 0.05) is 0 Å². The second-order valence-electron chi connectivity index (χ2n) is 15.2. The van der Waals surface area contributed by atoms with Gasteiger partial charge < -0.3 is 0 Å². The van der Waals surface area contributed by atoms with Crippen LogP contribution in [0.4, 0.5) is 0 Å². The summed E-state index contributed by atoms with van der Waals surface area (Å²) in [5, 5.41) is 12.9. The standard InChI is InChI=1S/C55H34/c1-3-18-43(19-4-1)55(44-20-5-2-6-21-44)50-34-42(41-31-39-27-25-37-16-11-17-38-26-28-40(32-41)52(39)51(37)38)33-49(47-24-12-15-35-13-7-9-22-45(35)47)53(50)48-30-29-36-14-8-10-23-46(36)54(48)55/h1-34H. The van der Waals surface area contributed by atoms with Gasteiger partial charge >= 0.3 is 0 Å². The zero-order valence-corrected chi connectivity index (χ0v) is 30.1. The first-order valence-corrected chi connectivity index (χ1v) is 19.3. The van der Waals surface area contributed by atoms with Gasteiger partial charge in [-0.1, -0.05) is 182 Å². The molecule has 0 saturated carbocycles. The van der Waals surface area contributed by atoms with E-state index in [-0.39, 0.29) is 0 Å². The summed E-state index contributed by atoms with van der Waals surface area (Å²) in [7, 11) is 0. The van der Waals surface area contributed by atoms with Crippen LogP contribution < -0.4 is 0 Å². The number of fused-ring (bicyclic) bond motifs is 6. The second-order valence-corrected chi connectivity index (χ2v) is 15.2. The van der Waals surface area contributed by atoms with Crippen molar-refractivity contribution < 1.29 is 0 Å². The molecule has 0 N–H and O–H groups in total. The van der Waals surface area contributed by atoms with Crippen molar-refractivity contribution in [3.63, 3.8) is 0 Å². The molecule has 12 rings (SSSR count). The Morgan fingerprint density at radius 1 is 0.291 bits per heavy atom. The molecule has 0 unspecified atom stereocenters. The van der Waals surface area contributed by atoms with Gasteiger partial charge in [0.2, 0.25) is 0 Å². The van der Waals surface area contributed by atoms with E-state index in [1.807, 2.05) is 0 Å². The summed E-state index contributed by atoms with van der Waals surface area (Å²) >= 11 is 0. The van der Waals surface area contributed by atoms with Gasteiger partial charge in [0.15, 0.2) is 0 Å². The second kappa shape index (κ2) is 11.5. The maximum atomic E-state index is 2.53. The smallest absolute Gasteiger partial charge is 0.0622 e. The van der Waals surface area contributed by atoms with Crippen molar-refractivity contribution in [2.24, 2.45) is 0 Å². The zero-order valence-electron chi connectivity index (χ0n) is 30.1. The SMILES string of the molecule is c1ccc(C2(c3ccccc3)c3cc(-c4cc5ccc6cccc7ccc(c4)c5c67)cc(-c4cccc5ccccc45)c3-c3ccc4ccccc4c32)cc1. The molecule has 55 heavy (non-hydrogen) atoms. The first kappa shape index (κ1) is 30.4. The normalized spacial score (nSPS) is 13.2. The predicted octanol–water partition coefficient (Wildman–Crippen LogP) is 14.6. The maximum Gasteiger partial charge on any atom is 0.0720 e. The van der Waals surface area contributed by atoms with Crippen LogP contribution in [0.2, 0.25) is 0 Å². The summed E-state index contributed by atoms with van der Waals surface area (Å²) < 4.78 is 0. The van der Waals surface area contributed by atoms with Crippen LogP contribution in [-0.2, 0) is 5.41 Å². The van der Waals surface area contributed by atoms with Crippen molar-refractivity contribution in [3.8, 4) is 33.4 Å². The van der Waals surface area contributed by atoms with E-state index in [9.17, 15) is 0 Å². The predicted molar refractivity (Wildman–Crippen MR) is 233 cm³/mol. The van der Waals surface area contributed by atoms with E-state index in [1.165, 1.54) is 109 Å². The van der Waals surface area contributed by atoms with Crippen LogP contribution in [0.15, 0.2) is 206 Å². The van der Waals surface area contributed by atoms with Gasteiger partial charge in [-0.15, -0.1) is 0 Å². The van der Waals surface area contributed by atoms with E-state index in [4.69, 9.17) is 0 Å².